The maximum absolute atomic E-state index is 5.77. The smallest absolute Gasteiger partial charge is 0.123 e. The minimum atomic E-state index is -0.0590. The number of rotatable bonds is 3. The first-order valence-electron chi connectivity index (χ1n) is 6.77. The monoisotopic (exact) mass is 266 g/mol. The Morgan fingerprint density at radius 1 is 1.10 bits per heavy atom. The molecule has 2 heteroatoms. The summed E-state index contributed by atoms with van der Waals surface area (Å²) in [4.78, 5) is 0. The van der Waals surface area contributed by atoms with Crippen molar-refractivity contribution < 1.29 is 9.47 Å². The highest BCUT2D eigenvalue weighted by atomic mass is 16.5. The van der Waals surface area contributed by atoms with Gasteiger partial charge >= 0.3 is 0 Å². The topological polar surface area (TPSA) is 18.5 Å². The van der Waals surface area contributed by atoms with Crippen LogP contribution in [0.4, 0.5) is 0 Å². The number of fused-ring (bicyclic) bond motifs is 1. The Balaban J connectivity index is 1.85. The second-order valence-corrected chi connectivity index (χ2v) is 5.31. The molecule has 0 amide bonds. The Hall–Kier alpha value is -2.22. The fourth-order valence-corrected chi connectivity index (χ4v) is 2.50. The zero-order chi connectivity index (χ0) is 14.0. The Morgan fingerprint density at radius 2 is 1.85 bits per heavy atom. The van der Waals surface area contributed by atoms with Gasteiger partial charge in [-0.15, -0.1) is 0 Å². The van der Waals surface area contributed by atoms with Crippen LogP contribution in [0.2, 0.25) is 0 Å². The van der Waals surface area contributed by atoms with Gasteiger partial charge < -0.3 is 9.47 Å². The van der Waals surface area contributed by atoms with Gasteiger partial charge in [0.1, 0.15) is 18.1 Å². The van der Waals surface area contributed by atoms with Gasteiger partial charge in [0, 0.05) is 11.0 Å². The van der Waals surface area contributed by atoms with Gasteiger partial charge in [0.25, 0.3) is 0 Å². The van der Waals surface area contributed by atoms with Gasteiger partial charge in [-0.2, -0.15) is 0 Å². The Labute approximate surface area is 119 Å². The van der Waals surface area contributed by atoms with E-state index in [1.165, 1.54) is 5.56 Å². The van der Waals surface area contributed by atoms with E-state index in [9.17, 15) is 0 Å². The van der Waals surface area contributed by atoms with Crippen molar-refractivity contribution in [1.82, 2.24) is 0 Å². The molecule has 0 saturated carbocycles. The summed E-state index contributed by atoms with van der Waals surface area (Å²) in [7, 11) is 1.68. The van der Waals surface area contributed by atoms with Crippen LogP contribution in [-0.2, 0) is 5.41 Å². The highest BCUT2D eigenvalue weighted by Gasteiger charge is 2.33. The first-order chi connectivity index (χ1) is 9.71. The van der Waals surface area contributed by atoms with Crippen LogP contribution in [-0.4, -0.2) is 13.7 Å². The van der Waals surface area contributed by atoms with Crippen molar-refractivity contribution in [2.45, 2.75) is 12.3 Å². The lowest BCUT2D eigenvalue weighted by molar-refractivity contribution is 0.307. The van der Waals surface area contributed by atoms with Gasteiger partial charge in [-0.05, 0) is 30.7 Å². The minimum Gasteiger partial charge on any atom is -0.497 e. The summed E-state index contributed by atoms with van der Waals surface area (Å²) in [5, 5.41) is 0. The molecule has 0 spiro atoms. The molecule has 1 aliphatic heterocycles. The zero-order valence-corrected chi connectivity index (χ0v) is 11.8. The fraction of sp³-hybridized carbons (Fsp3) is 0.222. The van der Waals surface area contributed by atoms with E-state index in [1.807, 2.05) is 24.3 Å². The molecule has 2 aromatic rings. The van der Waals surface area contributed by atoms with Crippen LogP contribution in [0.25, 0.3) is 6.08 Å². The Morgan fingerprint density at radius 3 is 2.60 bits per heavy atom. The number of hydrogen-bond donors (Lipinski definition) is 0. The molecule has 0 aromatic heterocycles. The van der Waals surface area contributed by atoms with E-state index in [4.69, 9.17) is 9.47 Å². The Bertz CT molecular complexity index is 628. The molecule has 1 aliphatic rings. The third-order valence-corrected chi connectivity index (χ3v) is 3.79. The molecule has 1 atom stereocenters. The van der Waals surface area contributed by atoms with Crippen molar-refractivity contribution in [3.63, 3.8) is 0 Å². The average Bonchev–Trinajstić information content (AvgIpc) is 2.84. The minimum absolute atomic E-state index is 0.0590. The maximum atomic E-state index is 5.77. The summed E-state index contributed by atoms with van der Waals surface area (Å²) in [6.45, 7) is 2.90. The highest BCUT2D eigenvalue weighted by Crippen LogP contribution is 2.39. The lowest BCUT2D eigenvalue weighted by atomic mass is 9.84. The molecule has 0 radical (unpaired) electrons. The molecular weight excluding hydrogens is 248 g/mol. The maximum Gasteiger partial charge on any atom is 0.123 e. The van der Waals surface area contributed by atoms with E-state index in [-0.39, 0.29) is 5.41 Å². The van der Waals surface area contributed by atoms with Crippen LogP contribution in [0.5, 0.6) is 11.5 Å². The van der Waals surface area contributed by atoms with Gasteiger partial charge in [0.2, 0.25) is 0 Å². The van der Waals surface area contributed by atoms with Crippen molar-refractivity contribution in [2.24, 2.45) is 0 Å². The van der Waals surface area contributed by atoms with E-state index in [0.717, 1.165) is 17.1 Å². The third-order valence-electron chi connectivity index (χ3n) is 3.79. The lowest BCUT2D eigenvalue weighted by Crippen LogP contribution is -2.20. The summed E-state index contributed by atoms with van der Waals surface area (Å²) in [5.41, 5.74) is 2.36. The van der Waals surface area contributed by atoms with Gasteiger partial charge in [0.05, 0.1) is 7.11 Å². The quantitative estimate of drug-likeness (QED) is 0.834. The van der Waals surface area contributed by atoms with Crippen LogP contribution in [0.3, 0.4) is 0 Å². The number of methoxy groups -OCH3 is 1. The molecule has 0 fully saturated rings. The summed E-state index contributed by atoms with van der Waals surface area (Å²) < 4.78 is 10.9. The first kappa shape index (κ1) is 12.8. The van der Waals surface area contributed by atoms with Gasteiger partial charge in [0.15, 0.2) is 0 Å². The molecule has 0 aliphatic carbocycles. The molecule has 0 saturated heterocycles. The summed E-state index contributed by atoms with van der Waals surface area (Å²) in [6.07, 6.45) is 4.37. The Kier molecular flexibility index (Phi) is 3.23. The van der Waals surface area contributed by atoms with Crippen molar-refractivity contribution in [1.29, 1.82) is 0 Å². The van der Waals surface area contributed by atoms with E-state index in [1.54, 1.807) is 7.11 Å². The lowest BCUT2D eigenvalue weighted by Gasteiger charge is -2.17. The molecule has 0 bridgehead atoms. The molecule has 2 nitrogen and oxygen atoms in total. The third kappa shape index (κ3) is 2.29. The largest absolute Gasteiger partial charge is 0.497 e. The first-order valence-corrected chi connectivity index (χ1v) is 6.77. The number of benzene rings is 2. The summed E-state index contributed by atoms with van der Waals surface area (Å²) in [5.74, 6) is 1.87. The molecule has 2 aromatic carbocycles. The van der Waals surface area contributed by atoms with Crippen molar-refractivity contribution in [3.05, 3.63) is 65.7 Å². The molecule has 1 unspecified atom stereocenters. The van der Waals surface area contributed by atoms with Crippen LogP contribution < -0.4 is 9.47 Å². The summed E-state index contributed by atoms with van der Waals surface area (Å²) >= 11 is 0. The van der Waals surface area contributed by atoms with Crippen molar-refractivity contribution in [2.75, 3.05) is 13.7 Å². The second-order valence-electron chi connectivity index (χ2n) is 5.31. The van der Waals surface area contributed by atoms with Gasteiger partial charge in [-0.3, -0.25) is 0 Å². The molecule has 3 rings (SSSR count). The van der Waals surface area contributed by atoms with Crippen LogP contribution in [0, 0.1) is 0 Å². The molecule has 102 valence electrons. The summed E-state index contributed by atoms with van der Waals surface area (Å²) in [6, 6.07) is 16.3. The van der Waals surface area contributed by atoms with Crippen LogP contribution in [0.1, 0.15) is 18.1 Å². The van der Waals surface area contributed by atoms with E-state index >= 15 is 0 Å². The van der Waals surface area contributed by atoms with E-state index in [2.05, 4.69) is 43.3 Å². The van der Waals surface area contributed by atoms with Crippen LogP contribution >= 0.6 is 0 Å². The zero-order valence-electron chi connectivity index (χ0n) is 11.8. The van der Waals surface area contributed by atoms with E-state index < -0.39 is 0 Å². The van der Waals surface area contributed by atoms with E-state index in [0.29, 0.717) is 6.61 Å². The van der Waals surface area contributed by atoms with Gasteiger partial charge in [-0.25, -0.2) is 0 Å². The van der Waals surface area contributed by atoms with Gasteiger partial charge in [-0.1, -0.05) is 42.5 Å². The molecular formula is C18H18O2. The predicted molar refractivity (Wildman–Crippen MR) is 81.3 cm³/mol. The average molecular weight is 266 g/mol. The highest BCUT2D eigenvalue weighted by molar-refractivity contribution is 5.56. The van der Waals surface area contributed by atoms with Crippen molar-refractivity contribution >= 4 is 6.08 Å². The standard InChI is InChI=1S/C18H18O2/c1-18(13-20-17-6-4-3-5-16(17)18)12-11-14-7-9-15(19-2)10-8-14/h3-12H,13H2,1-2H3/b12-11+. The molecule has 0 N–H and O–H groups in total. The normalized spacial score (nSPS) is 20.7. The number of hydrogen-bond acceptors (Lipinski definition) is 2. The van der Waals surface area contributed by atoms with Crippen LogP contribution in [0.15, 0.2) is 54.6 Å². The molecule has 1 heterocycles. The van der Waals surface area contributed by atoms with Crippen molar-refractivity contribution in [3.8, 4) is 11.5 Å². The predicted octanol–water partition coefficient (Wildman–Crippen LogP) is 4.06. The SMILES string of the molecule is COc1ccc(/C=C/C2(C)COc3ccccc32)cc1. The fourth-order valence-electron chi connectivity index (χ4n) is 2.50. The number of para-hydroxylation sites is 1. The number of ether oxygens (including phenoxy) is 2. The molecule has 20 heavy (non-hydrogen) atoms. The second kappa shape index (κ2) is 5.04.